The molecule has 0 amide bonds. The van der Waals surface area contributed by atoms with Gasteiger partial charge in [0.25, 0.3) is 0 Å². The largest absolute Gasteiger partial charge is 0.294 e. The van der Waals surface area contributed by atoms with Crippen LogP contribution in [-0.4, -0.2) is 16.5 Å². The van der Waals surface area contributed by atoms with Gasteiger partial charge in [0.2, 0.25) is 5.13 Å². The molecule has 0 radical (unpaired) electrons. The summed E-state index contributed by atoms with van der Waals surface area (Å²) in [5.74, 6) is 0.377. The van der Waals surface area contributed by atoms with E-state index in [2.05, 4.69) is 59.6 Å². The Morgan fingerprint density at radius 1 is 1.10 bits per heavy atom. The Bertz CT molecular complexity index is 1160. The molecular formula is C26H25N3OS. The molecule has 1 fully saturated rings. The molecule has 1 aliphatic heterocycles. The number of benzene rings is 2. The Kier molecular flexibility index (Phi) is 5.28. The van der Waals surface area contributed by atoms with Gasteiger partial charge in [-0.05, 0) is 49.0 Å². The van der Waals surface area contributed by atoms with Crippen molar-refractivity contribution in [2.24, 2.45) is 11.0 Å². The van der Waals surface area contributed by atoms with E-state index in [1.807, 2.05) is 19.1 Å². The fraction of sp³-hybridized carbons (Fsp3) is 0.269. The van der Waals surface area contributed by atoms with Crippen molar-refractivity contribution in [3.63, 3.8) is 0 Å². The van der Waals surface area contributed by atoms with Gasteiger partial charge in [-0.2, -0.15) is 5.10 Å². The number of nitrogens with zero attached hydrogens (tertiary/aromatic N) is 3. The van der Waals surface area contributed by atoms with Gasteiger partial charge in [-0.3, -0.25) is 4.79 Å². The number of thiazole rings is 1. The number of carbonyl (C=O) groups excluding carboxylic acids is 1. The van der Waals surface area contributed by atoms with Crippen molar-refractivity contribution < 1.29 is 4.79 Å². The zero-order valence-electron chi connectivity index (χ0n) is 17.8. The van der Waals surface area contributed by atoms with Gasteiger partial charge in [-0.15, -0.1) is 0 Å². The minimum absolute atomic E-state index is 0.0615. The van der Waals surface area contributed by atoms with Crippen LogP contribution in [0.25, 0.3) is 6.08 Å². The van der Waals surface area contributed by atoms with Crippen LogP contribution in [0.15, 0.2) is 71.3 Å². The van der Waals surface area contributed by atoms with E-state index in [0.717, 1.165) is 35.0 Å². The average molecular weight is 428 g/mol. The molecule has 31 heavy (non-hydrogen) atoms. The predicted molar refractivity (Wildman–Crippen MR) is 128 cm³/mol. The van der Waals surface area contributed by atoms with Crippen LogP contribution in [0.3, 0.4) is 0 Å². The lowest BCUT2D eigenvalue weighted by atomic mass is 9.77. The number of anilines is 1. The normalized spacial score (nSPS) is 21.8. The summed E-state index contributed by atoms with van der Waals surface area (Å²) in [7, 11) is 0. The molecule has 2 heterocycles. The summed E-state index contributed by atoms with van der Waals surface area (Å²) in [4.78, 5) is 17.5. The van der Waals surface area contributed by atoms with Gasteiger partial charge < -0.3 is 0 Å². The zero-order valence-corrected chi connectivity index (χ0v) is 18.6. The summed E-state index contributed by atoms with van der Waals surface area (Å²) >= 11 is 1.45. The number of ketones is 1. The van der Waals surface area contributed by atoms with E-state index < -0.39 is 0 Å². The summed E-state index contributed by atoms with van der Waals surface area (Å²) in [6.07, 6.45) is 5.57. The van der Waals surface area contributed by atoms with Crippen LogP contribution in [-0.2, 0) is 0 Å². The van der Waals surface area contributed by atoms with E-state index in [1.54, 1.807) is 6.92 Å². The fourth-order valence-electron chi connectivity index (χ4n) is 4.70. The van der Waals surface area contributed by atoms with E-state index in [0.29, 0.717) is 5.92 Å². The van der Waals surface area contributed by atoms with Crippen LogP contribution >= 0.6 is 11.3 Å². The second kappa shape index (κ2) is 8.23. The number of fused-ring (bicyclic) bond motifs is 1. The Morgan fingerprint density at radius 2 is 1.81 bits per heavy atom. The average Bonchev–Trinajstić information content (AvgIpc) is 3.36. The molecule has 1 saturated carbocycles. The van der Waals surface area contributed by atoms with Crippen molar-refractivity contribution in [2.75, 3.05) is 5.01 Å². The number of aromatic nitrogens is 1. The highest BCUT2D eigenvalue weighted by atomic mass is 32.1. The number of rotatable bonds is 4. The third-order valence-electron chi connectivity index (χ3n) is 6.08. The van der Waals surface area contributed by atoms with Gasteiger partial charge in [-0.1, -0.05) is 72.0 Å². The number of aryl methyl sites for hydroxylation is 1. The van der Waals surface area contributed by atoms with Crippen molar-refractivity contribution in [1.29, 1.82) is 0 Å². The minimum atomic E-state index is 0.0615. The number of carbonyl (C=O) groups is 1. The van der Waals surface area contributed by atoms with E-state index in [4.69, 9.17) is 10.1 Å². The molecule has 156 valence electrons. The molecule has 0 saturated heterocycles. The monoisotopic (exact) mass is 427 g/mol. The van der Waals surface area contributed by atoms with Gasteiger partial charge in [0.15, 0.2) is 5.78 Å². The third-order valence-corrected chi connectivity index (χ3v) is 7.33. The van der Waals surface area contributed by atoms with E-state index >= 15 is 0 Å². The SMILES string of the molecule is CC(=O)c1sc(N2N=C3/C(=C\c4ccccc4)CCC[C@@H]3[C@H]2c2ccccc2)nc1C. The lowest BCUT2D eigenvalue weighted by Crippen LogP contribution is -2.28. The molecule has 5 heteroatoms. The lowest BCUT2D eigenvalue weighted by Gasteiger charge is -2.29. The van der Waals surface area contributed by atoms with Crippen LogP contribution < -0.4 is 5.01 Å². The number of hydrogen-bond acceptors (Lipinski definition) is 5. The summed E-state index contributed by atoms with van der Waals surface area (Å²) in [6, 6.07) is 21.1. The van der Waals surface area contributed by atoms with Gasteiger partial charge >= 0.3 is 0 Å². The molecule has 1 aromatic heterocycles. The molecule has 0 N–H and O–H groups in total. The first kappa shape index (κ1) is 19.9. The van der Waals surface area contributed by atoms with E-state index in [1.165, 1.54) is 33.7 Å². The summed E-state index contributed by atoms with van der Waals surface area (Å²) in [5, 5.41) is 8.02. The standard InChI is InChI=1S/C26H25N3OS/c1-17-25(18(2)30)31-26(27-17)29-24(20-12-7-4-8-13-20)22-15-9-14-21(23(22)28-29)16-19-10-5-3-6-11-19/h3-8,10-13,16,22,24H,9,14-15H2,1-2H3/b21-16-/t22-,24+/m0/s1. The number of allylic oxidation sites excluding steroid dienone is 1. The van der Waals surface area contributed by atoms with Crippen molar-refractivity contribution in [1.82, 2.24) is 4.98 Å². The summed E-state index contributed by atoms with van der Waals surface area (Å²) in [6.45, 7) is 3.51. The first-order chi connectivity index (χ1) is 15.1. The second-order valence-corrected chi connectivity index (χ2v) is 9.21. The van der Waals surface area contributed by atoms with Crippen LogP contribution in [0.4, 0.5) is 5.13 Å². The maximum atomic E-state index is 12.1. The summed E-state index contributed by atoms with van der Waals surface area (Å²) in [5.41, 5.74) is 5.71. The quantitative estimate of drug-likeness (QED) is 0.449. The molecule has 0 bridgehead atoms. The molecule has 2 aliphatic rings. The zero-order chi connectivity index (χ0) is 21.4. The molecular weight excluding hydrogens is 402 g/mol. The molecule has 3 aromatic rings. The first-order valence-corrected chi connectivity index (χ1v) is 11.6. The van der Waals surface area contributed by atoms with Crippen LogP contribution in [0, 0.1) is 12.8 Å². The maximum Gasteiger partial charge on any atom is 0.207 e. The highest BCUT2D eigenvalue weighted by Crippen LogP contribution is 2.47. The number of Topliss-reactive ketones (excluding diaryl/α,β-unsaturated/α-hetero) is 1. The molecule has 2 aromatic carbocycles. The molecule has 4 nitrogen and oxygen atoms in total. The minimum Gasteiger partial charge on any atom is -0.294 e. The molecule has 0 unspecified atom stereocenters. The Labute approximate surface area is 187 Å². The van der Waals surface area contributed by atoms with Crippen molar-refractivity contribution in [2.45, 2.75) is 39.2 Å². The van der Waals surface area contributed by atoms with Crippen molar-refractivity contribution >= 4 is 34.0 Å². The maximum absolute atomic E-state index is 12.1. The Balaban J connectivity index is 1.61. The summed E-state index contributed by atoms with van der Waals surface area (Å²) < 4.78 is 0. The first-order valence-electron chi connectivity index (χ1n) is 10.8. The predicted octanol–water partition coefficient (Wildman–Crippen LogP) is 6.46. The fourth-order valence-corrected chi connectivity index (χ4v) is 5.65. The lowest BCUT2D eigenvalue weighted by molar-refractivity contribution is 0.102. The number of hydrogen-bond donors (Lipinski definition) is 0. The van der Waals surface area contributed by atoms with Gasteiger partial charge in [0.05, 0.1) is 22.3 Å². The topological polar surface area (TPSA) is 45.6 Å². The molecule has 0 spiro atoms. The van der Waals surface area contributed by atoms with Crippen LogP contribution in [0.2, 0.25) is 0 Å². The van der Waals surface area contributed by atoms with E-state index in [-0.39, 0.29) is 11.8 Å². The number of hydrazone groups is 1. The van der Waals surface area contributed by atoms with Crippen LogP contribution in [0.5, 0.6) is 0 Å². The third kappa shape index (κ3) is 3.74. The van der Waals surface area contributed by atoms with Gasteiger partial charge in [0.1, 0.15) is 0 Å². The van der Waals surface area contributed by atoms with E-state index in [9.17, 15) is 4.79 Å². The molecule has 2 atom stereocenters. The van der Waals surface area contributed by atoms with Crippen molar-refractivity contribution in [3.05, 3.63) is 87.9 Å². The molecule has 1 aliphatic carbocycles. The highest BCUT2D eigenvalue weighted by molar-refractivity contribution is 7.17. The van der Waals surface area contributed by atoms with Gasteiger partial charge in [0, 0.05) is 12.8 Å². The Morgan fingerprint density at radius 3 is 2.48 bits per heavy atom. The highest BCUT2D eigenvalue weighted by Gasteiger charge is 2.43. The molecule has 5 rings (SSSR count). The van der Waals surface area contributed by atoms with Crippen LogP contribution in [0.1, 0.15) is 58.7 Å². The van der Waals surface area contributed by atoms with Crippen molar-refractivity contribution in [3.8, 4) is 0 Å². The Hall–Kier alpha value is -3.05. The smallest absolute Gasteiger partial charge is 0.207 e. The second-order valence-electron chi connectivity index (χ2n) is 8.23. The van der Waals surface area contributed by atoms with Gasteiger partial charge in [-0.25, -0.2) is 9.99 Å².